The number of rotatable bonds is 7. The summed E-state index contributed by atoms with van der Waals surface area (Å²) >= 11 is 0. The molecule has 2 aliphatic carbocycles. The second kappa shape index (κ2) is 14.9. The van der Waals surface area contributed by atoms with E-state index in [4.69, 9.17) is 0 Å². The quantitative estimate of drug-likeness (QED) is 0.155. The Morgan fingerprint density at radius 1 is 0.309 bits per heavy atom. The van der Waals surface area contributed by atoms with Gasteiger partial charge in [0.1, 0.15) is 0 Å². The fraction of sp³-hybridized carbons (Fsp3) is 0.0303. The Labute approximate surface area is 396 Å². The van der Waals surface area contributed by atoms with Gasteiger partial charge in [0.25, 0.3) is 0 Å². The van der Waals surface area contributed by atoms with Crippen LogP contribution in [-0.2, 0) is 10.8 Å². The van der Waals surface area contributed by atoms with Crippen LogP contribution in [0.25, 0.3) is 49.4 Å². The van der Waals surface area contributed by atoms with E-state index in [-0.39, 0.29) is 0 Å². The Morgan fingerprint density at radius 3 is 1.65 bits per heavy atom. The van der Waals surface area contributed by atoms with Crippen molar-refractivity contribution in [1.82, 2.24) is 4.57 Å². The van der Waals surface area contributed by atoms with Gasteiger partial charge in [-0.3, -0.25) is 0 Å². The average Bonchev–Trinajstić information content (AvgIpc) is 3.91. The molecule has 1 heterocycles. The van der Waals surface area contributed by atoms with Crippen LogP contribution in [0.15, 0.2) is 267 Å². The monoisotopic (exact) mass is 864 g/mol. The maximum atomic E-state index is 2.50. The summed E-state index contributed by atoms with van der Waals surface area (Å²) in [5, 5.41) is 4.89. The van der Waals surface area contributed by atoms with Gasteiger partial charge in [-0.2, -0.15) is 0 Å². The predicted octanol–water partition coefficient (Wildman–Crippen LogP) is 16.5. The number of para-hydroxylation sites is 3. The third-order valence-corrected chi connectivity index (χ3v) is 15.1. The molecule has 68 heavy (non-hydrogen) atoms. The first-order valence-electron chi connectivity index (χ1n) is 23.7. The van der Waals surface area contributed by atoms with E-state index in [1.165, 1.54) is 88.2 Å². The Bertz CT molecular complexity index is 3930. The van der Waals surface area contributed by atoms with Crippen molar-refractivity contribution in [2.24, 2.45) is 0 Å². The number of aromatic nitrogens is 1. The van der Waals surface area contributed by atoms with Gasteiger partial charge < -0.3 is 9.47 Å². The van der Waals surface area contributed by atoms with Gasteiger partial charge in [-0.15, -0.1) is 0 Å². The van der Waals surface area contributed by atoms with Crippen molar-refractivity contribution >= 4 is 49.6 Å². The molecule has 2 aliphatic rings. The number of fused-ring (bicyclic) bond motifs is 9. The minimum atomic E-state index is -0.733. The zero-order valence-corrected chi connectivity index (χ0v) is 37.3. The molecule has 2 unspecified atom stereocenters. The Hall–Kier alpha value is -8.72. The minimum absolute atomic E-state index is 0.531. The smallest absolute Gasteiger partial charge is 0.0728 e. The summed E-state index contributed by atoms with van der Waals surface area (Å²) in [6, 6.07) is 99.6. The van der Waals surface area contributed by atoms with Crippen molar-refractivity contribution in [3.8, 4) is 16.8 Å². The first kappa shape index (κ1) is 38.5. The highest BCUT2D eigenvalue weighted by Crippen LogP contribution is 2.66. The van der Waals surface area contributed by atoms with Crippen molar-refractivity contribution in [3.05, 3.63) is 311 Å². The second-order valence-corrected chi connectivity index (χ2v) is 18.3. The molecule has 0 radical (unpaired) electrons. The molecule has 0 spiro atoms. The largest absolute Gasteiger partial charge is 0.310 e. The standard InChI is InChI=1S/C66H44N2/c1-4-23-47(24-5-1)65(57-33-15-16-34-58(57)66(48-25-6-2-7-26-48)56-32-14-12-29-52(56)54-31-20-36-60(65)64(54)66)59-35-17-19-38-63(59)67(49-27-8-3-9-28-49)51-41-42-62-55(44-51)53-30-13-18-37-61(53)68(62)50-40-39-45-21-10-11-22-46(45)43-50/h1-44H. The summed E-state index contributed by atoms with van der Waals surface area (Å²) in [7, 11) is 0. The molecule has 318 valence electrons. The molecule has 1 aromatic heterocycles. The van der Waals surface area contributed by atoms with E-state index in [1.54, 1.807) is 0 Å². The predicted molar refractivity (Wildman–Crippen MR) is 282 cm³/mol. The third-order valence-electron chi connectivity index (χ3n) is 15.1. The summed E-state index contributed by atoms with van der Waals surface area (Å²) in [6.07, 6.45) is 0. The molecule has 12 aromatic rings. The highest BCUT2D eigenvalue weighted by atomic mass is 15.1. The van der Waals surface area contributed by atoms with E-state index in [0.29, 0.717) is 0 Å². The fourth-order valence-electron chi connectivity index (χ4n) is 12.5. The molecular weight excluding hydrogens is 821 g/mol. The van der Waals surface area contributed by atoms with E-state index in [1.807, 2.05) is 0 Å². The summed E-state index contributed by atoms with van der Waals surface area (Å²) < 4.78 is 2.43. The maximum Gasteiger partial charge on any atom is 0.0728 e. The SMILES string of the molecule is c1ccc(N(c2ccc3c(c2)c2ccccc2n3-c2ccc3ccccc3c2)c2ccccc2C2(c3ccccc3)c3ccccc3C3(c4ccccc4)c4ccccc4-c4cccc2c43)cc1. The molecule has 2 atom stereocenters. The van der Waals surface area contributed by atoms with Crippen molar-refractivity contribution in [2.75, 3.05) is 4.90 Å². The Kier molecular flexibility index (Phi) is 8.45. The first-order chi connectivity index (χ1) is 33.8. The van der Waals surface area contributed by atoms with Gasteiger partial charge in [-0.05, 0) is 121 Å². The number of benzene rings is 11. The molecular formula is C66H44N2. The topological polar surface area (TPSA) is 8.17 Å². The van der Waals surface area contributed by atoms with Gasteiger partial charge >= 0.3 is 0 Å². The number of hydrogen-bond acceptors (Lipinski definition) is 1. The molecule has 0 bridgehead atoms. The van der Waals surface area contributed by atoms with Crippen molar-refractivity contribution in [1.29, 1.82) is 0 Å². The first-order valence-corrected chi connectivity index (χ1v) is 23.7. The summed E-state index contributed by atoms with van der Waals surface area (Å²) in [5.74, 6) is 0. The van der Waals surface area contributed by atoms with E-state index in [0.717, 1.165) is 22.7 Å². The van der Waals surface area contributed by atoms with Crippen molar-refractivity contribution in [2.45, 2.75) is 10.8 Å². The van der Waals surface area contributed by atoms with E-state index >= 15 is 0 Å². The lowest BCUT2D eigenvalue weighted by molar-refractivity contribution is 0.627. The van der Waals surface area contributed by atoms with Crippen LogP contribution < -0.4 is 4.90 Å². The van der Waals surface area contributed by atoms with Gasteiger partial charge in [-0.1, -0.05) is 212 Å². The van der Waals surface area contributed by atoms with E-state index in [2.05, 4.69) is 276 Å². The van der Waals surface area contributed by atoms with Crippen LogP contribution in [0.2, 0.25) is 0 Å². The molecule has 0 saturated carbocycles. The van der Waals surface area contributed by atoms with Gasteiger partial charge in [0.05, 0.1) is 27.6 Å². The highest BCUT2D eigenvalue weighted by Gasteiger charge is 2.58. The van der Waals surface area contributed by atoms with Crippen LogP contribution in [0.1, 0.15) is 44.5 Å². The van der Waals surface area contributed by atoms with Gasteiger partial charge in [0, 0.05) is 27.8 Å². The molecule has 2 heteroatoms. The number of anilines is 3. The maximum absolute atomic E-state index is 2.50. The lowest BCUT2D eigenvalue weighted by atomic mass is 9.51. The van der Waals surface area contributed by atoms with Crippen LogP contribution >= 0.6 is 0 Å². The molecule has 0 amide bonds. The lowest BCUT2D eigenvalue weighted by Crippen LogP contribution is -2.44. The zero-order valence-electron chi connectivity index (χ0n) is 37.3. The Morgan fingerprint density at radius 2 is 0.868 bits per heavy atom. The number of hydrogen-bond donors (Lipinski definition) is 0. The van der Waals surface area contributed by atoms with Crippen molar-refractivity contribution < 1.29 is 0 Å². The third kappa shape index (κ3) is 5.23. The summed E-state index contributed by atoms with van der Waals surface area (Å²) in [5.41, 5.74) is 18.4. The van der Waals surface area contributed by atoms with Crippen LogP contribution in [0.4, 0.5) is 17.1 Å². The molecule has 0 fully saturated rings. The van der Waals surface area contributed by atoms with Crippen LogP contribution in [0.3, 0.4) is 0 Å². The highest BCUT2D eigenvalue weighted by molar-refractivity contribution is 6.11. The second-order valence-electron chi connectivity index (χ2n) is 18.3. The van der Waals surface area contributed by atoms with Crippen LogP contribution in [0, 0.1) is 0 Å². The molecule has 2 nitrogen and oxygen atoms in total. The van der Waals surface area contributed by atoms with Gasteiger partial charge in [0.2, 0.25) is 0 Å². The van der Waals surface area contributed by atoms with E-state index < -0.39 is 10.8 Å². The fourth-order valence-corrected chi connectivity index (χ4v) is 12.5. The molecule has 0 aliphatic heterocycles. The molecule has 0 N–H and O–H groups in total. The Balaban J connectivity index is 1.07. The van der Waals surface area contributed by atoms with Crippen LogP contribution in [-0.4, -0.2) is 4.57 Å². The molecule has 14 rings (SSSR count). The average molecular weight is 865 g/mol. The lowest BCUT2D eigenvalue weighted by Gasteiger charge is -2.50. The van der Waals surface area contributed by atoms with Crippen LogP contribution in [0.5, 0.6) is 0 Å². The summed E-state index contributed by atoms with van der Waals surface area (Å²) in [4.78, 5) is 2.50. The minimum Gasteiger partial charge on any atom is -0.310 e. The van der Waals surface area contributed by atoms with E-state index in [9.17, 15) is 0 Å². The van der Waals surface area contributed by atoms with Crippen molar-refractivity contribution in [3.63, 3.8) is 0 Å². The number of nitrogens with zero attached hydrogens (tertiary/aromatic N) is 2. The molecule has 11 aromatic carbocycles. The summed E-state index contributed by atoms with van der Waals surface area (Å²) in [6.45, 7) is 0. The van der Waals surface area contributed by atoms with Gasteiger partial charge in [0.15, 0.2) is 0 Å². The van der Waals surface area contributed by atoms with Gasteiger partial charge in [-0.25, -0.2) is 0 Å². The molecule has 0 saturated heterocycles. The zero-order chi connectivity index (χ0) is 44.8. The normalized spacial score (nSPS) is 16.6.